The van der Waals surface area contributed by atoms with E-state index in [4.69, 9.17) is 11.6 Å². The lowest BCUT2D eigenvalue weighted by molar-refractivity contribution is 0.569. The molecule has 1 aromatic heterocycles. The summed E-state index contributed by atoms with van der Waals surface area (Å²) in [6, 6.07) is 9.84. The lowest BCUT2D eigenvalue weighted by Crippen LogP contribution is -2.18. The second-order valence-electron chi connectivity index (χ2n) is 5.78. The molecule has 26 heavy (non-hydrogen) atoms. The fourth-order valence-electron chi connectivity index (χ4n) is 2.76. The topological polar surface area (TPSA) is 47.0 Å². The van der Waals surface area contributed by atoms with E-state index in [1.807, 2.05) is 0 Å². The molecule has 0 aliphatic rings. The molecule has 2 aromatic carbocycles. The van der Waals surface area contributed by atoms with E-state index in [1.54, 1.807) is 6.92 Å². The predicted octanol–water partition coefficient (Wildman–Crippen LogP) is 4.88. The molecule has 0 aliphatic carbocycles. The molecule has 0 bridgehead atoms. The molecular weight excluding hydrogens is 380 g/mol. The maximum Gasteiger partial charge on any atom is 0.189 e. The third-order valence-electron chi connectivity index (χ3n) is 4.04. The highest BCUT2D eigenvalue weighted by atomic mass is 35.5. The Hall–Kier alpha value is -2.31. The maximum atomic E-state index is 14.5. The van der Waals surface area contributed by atoms with E-state index in [-0.39, 0.29) is 10.5 Å². The summed E-state index contributed by atoms with van der Waals surface area (Å²) in [7, 11) is -4.08. The first-order valence-electron chi connectivity index (χ1n) is 7.65. The molecule has 134 valence electrons. The quantitative estimate of drug-likeness (QED) is 0.634. The monoisotopic (exact) mass is 393 g/mol. The van der Waals surface area contributed by atoms with Crippen LogP contribution in [-0.4, -0.2) is 13.4 Å². The van der Waals surface area contributed by atoms with Crippen LogP contribution < -0.4 is 0 Å². The number of rotatable bonds is 4. The average Bonchev–Trinajstić information content (AvgIpc) is 2.60. The van der Waals surface area contributed by atoms with Crippen LogP contribution in [0.3, 0.4) is 0 Å². The zero-order valence-corrected chi connectivity index (χ0v) is 15.2. The molecule has 3 aromatic rings. The van der Waals surface area contributed by atoms with E-state index < -0.39 is 26.7 Å². The summed E-state index contributed by atoms with van der Waals surface area (Å²) < 4.78 is 54.9. The SMILES string of the molecule is Cc1cnccc1C(c1cc(F)ccc1F)S(=O)(=O)c1ccc(Cl)cc1. The van der Waals surface area contributed by atoms with Crippen LogP contribution >= 0.6 is 11.6 Å². The van der Waals surface area contributed by atoms with Crippen molar-refractivity contribution >= 4 is 21.4 Å². The zero-order chi connectivity index (χ0) is 18.9. The molecule has 7 heteroatoms. The molecule has 1 unspecified atom stereocenters. The van der Waals surface area contributed by atoms with Gasteiger partial charge in [-0.2, -0.15) is 0 Å². The van der Waals surface area contributed by atoms with Gasteiger partial charge in [0, 0.05) is 23.0 Å². The molecule has 0 saturated heterocycles. The lowest BCUT2D eigenvalue weighted by Gasteiger charge is -2.21. The number of sulfone groups is 1. The smallest absolute Gasteiger partial charge is 0.189 e. The van der Waals surface area contributed by atoms with Gasteiger partial charge in [0.15, 0.2) is 9.84 Å². The second kappa shape index (κ2) is 7.13. The number of hydrogen-bond acceptors (Lipinski definition) is 3. The Morgan fingerprint density at radius 2 is 1.69 bits per heavy atom. The van der Waals surface area contributed by atoms with E-state index in [0.717, 1.165) is 18.2 Å². The normalized spacial score (nSPS) is 12.8. The molecule has 0 spiro atoms. The van der Waals surface area contributed by atoms with Gasteiger partial charge in [0.1, 0.15) is 16.9 Å². The molecule has 0 radical (unpaired) electrons. The summed E-state index contributed by atoms with van der Waals surface area (Å²) in [5.41, 5.74) is 0.632. The minimum Gasteiger partial charge on any atom is -0.264 e. The number of hydrogen-bond donors (Lipinski definition) is 0. The van der Waals surface area contributed by atoms with Crippen molar-refractivity contribution in [2.75, 3.05) is 0 Å². The molecule has 1 atom stereocenters. The summed E-state index contributed by atoms with van der Waals surface area (Å²) in [5, 5.41) is -1.04. The van der Waals surface area contributed by atoms with Gasteiger partial charge in [-0.15, -0.1) is 0 Å². The van der Waals surface area contributed by atoms with Gasteiger partial charge in [-0.25, -0.2) is 17.2 Å². The zero-order valence-electron chi connectivity index (χ0n) is 13.7. The van der Waals surface area contributed by atoms with Gasteiger partial charge in [-0.1, -0.05) is 11.6 Å². The van der Waals surface area contributed by atoms with Gasteiger partial charge >= 0.3 is 0 Å². The van der Waals surface area contributed by atoms with E-state index >= 15 is 0 Å². The van der Waals surface area contributed by atoms with Crippen molar-refractivity contribution in [1.29, 1.82) is 0 Å². The Morgan fingerprint density at radius 1 is 1.00 bits per heavy atom. The van der Waals surface area contributed by atoms with E-state index in [0.29, 0.717) is 16.1 Å². The van der Waals surface area contributed by atoms with Gasteiger partial charge in [-0.3, -0.25) is 4.98 Å². The Kier molecular flexibility index (Phi) is 5.07. The highest BCUT2D eigenvalue weighted by Crippen LogP contribution is 2.38. The Bertz CT molecular complexity index is 1050. The van der Waals surface area contributed by atoms with Gasteiger partial charge in [0.05, 0.1) is 4.90 Å². The lowest BCUT2D eigenvalue weighted by atomic mass is 10.0. The number of benzene rings is 2. The summed E-state index contributed by atoms with van der Waals surface area (Å²) in [5.74, 6) is -1.52. The third kappa shape index (κ3) is 3.48. The van der Waals surface area contributed by atoms with Crippen molar-refractivity contribution in [2.24, 2.45) is 0 Å². The van der Waals surface area contributed by atoms with Crippen LogP contribution in [-0.2, 0) is 9.84 Å². The third-order valence-corrected chi connectivity index (χ3v) is 6.35. The standard InChI is InChI=1S/C19H14ClF2NO2S/c1-12-11-23-9-8-16(12)19(17-10-14(21)4-7-18(17)22)26(24,25)15-5-2-13(20)3-6-15/h2-11,19H,1H3. The molecule has 0 saturated carbocycles. The molecule has 0 amide bonds. The van der Waals surface area contributed by atoms with Gasteiger partial charge in [-0.05, 0) is 66.6 Å². The van der Waals surface area contributed by atoms with Crippen LogP contribution in [0.4, 0.5) is 8.78 Å². The average molecular weight is 394 g/mol. The molecule has 3 rings (SSSR count). The molecule has 0 fully saturated rings. The van der Waals surface area contributed by atoms with Crippen LogP contribution in [0.2, 0.25) is 5.02 Å². The fourth-order valence-corrected chi connectivity index (χ4v) is 4.78. The largest absolute Gasteiger partial charge is 0.264 e. The molecule has 0 N–H and O–H groups in total. The van der Waals surface area contributed by atoms with Gasteiger partial charge < -0.3 is 0 Å². The molecule has 3 nitrogen and oxygen atoms in total. The van der Waals surface area contributed by atoms with Crippen LogP contribution in [0.5, 0.6) is 0 Å². The van der Waals surface area contributed by atoms with E-state index in [1.165, 1.54) is 42.7 Å². The van der Waals surface area contributed by atoms with Crippen molar-refractivity contribution in [3.8, 4) is 0 Å². The number of nitrogens with zero attached hydrogens (tertiary/aromatic N) is 1. The minimum absolute atomic E-state index is 0.0354. The Labute approximate surface area is 155 Å². The van der Waals surface area contributed by atoms with Crippen LogP contribution in [0.25, 0.3) is 0 Å². The summed E-state index contributed by atoms with van der Waals surface area (Å²) >= 11 is 5.83. The first kappa shape index (κ1) is 18.5. The number of pyridine rings is 1. The van der Waals surface area contributed by atoms with Crippen molar-refractivity contribution in [3.05, 3.63) is 94.3 Å². The van der Waals surface area contributed by atoms with E-state index in [9.17, 15) is 17.2 Å². The summed E-state index contributed by atoms with van der Waals surface area (Å²) in [6.07, 6.45) is 2.90. The van der Waals surface area contributed by atoms with Gasteiger partial charge in [0.25, 0.3) is 0 Å². The summed E-state index contributed by atoms with van der Waals surface area (Å²) in [6.45, 7) is 1.67. The van der Waals surface area contributed by atoms with Crippen molar-refractivity contribution in [2.45, 2.75) is 17.1 Å². The molecule has 1 heterocycles. The van der Waals surface area contributed by atoms with E-state index in [2.05, 4.69) is 4.98 Å². The molecular formula is C19H14ClF2NO2S. The number of aromatic nitrogens is 1. The van der Waals surface area contributed by atoms with Crippen LogP contribution in [0, 0.1) is 18.6 Å². The summed E-state index contributed by atoms with van der Waals surface area (Å²) in [4.78, 5) is 3.91. The first-order valence-corrected chi connectivity index (χ1v) is 9.58. The second-order valence-corrected chi connectivity index (χ2v) is 8.25. The fraction of sp³-hybridized carbons (Fsp3) is 0.105. The Morgan fingerprint density at radius 3 is 2.35 bits per heavy atom. The maximum absolute atomic E-state index is 14.5. The predicted molar refractivity (Wildman–Crippen MR) is 95.8 cm³/mol. The van der Waals surface area contributed by atoms with Crippen molar-refractivity contribution < 1.29 is 17.2 Å². The van der Waals surface area contributed by atoms with Crippen LogP contribution in [0.15, 0.2) is 65.8 Å². The Balaban J connectivity index is 2.29. The van der Waals surface area contributed by atoms with Gasteiger partial charge in [0.2, 0.25) is 0 Å². The van der Waals surface area contributed by atoms with Crippen molar-refractivity contribution in [3.63, 3.8) is 0 Å². The van der Waals surface area contributed by atoms with Crippen LogP contribution in [0.1, 0.15) is 21.9 Å². The highest BCUT2D eigenvalue weighted by Gasteiger charge is 2.34. The van der Waals surface area contributed by atoms with Crippen molar-refractivity contribution in [1.82, 2.24) is 4.98 Å². The molecule has 0 aliphatic heterocycles. The first-order chi connectivity index (χ1) is 12.3. The highest BCUT2D eigenvalue weighted by molar-refractivity contribution is 7.92. The number of halogens is 3. The number of aryl methyl sites for hydroxylation is 1. The minimum atomic E-state index is -4.08.